The average molecular weight is 298 g/mol. The van der Waals surface area contributed by atoms with Crippen molar-refractivity contribution in [3.63, 3.8) is 0 Å². The molecule has 0 aliphatic rings. The van der Waals surface area contributed by atoms with Crippen molar-refractivity contribution >= 4 is 22.6 Å². The second kappa shape index (κ2) is 5.88. The highest BCUT2D eigenvalue weighted by Crippen LogP contribution is 2.17. The molecule has 7 nitrogen and oxygen atoms in total. The Kier molecular flexibility index (Phi) is 3.78. The number of hydrogen-bond donors (Lipinski definition) is 3. The molecule has 2 heterocycles. The van der Waals surface area contributed by atoms with Crippen LogP contribution in [0.2, 0.25) is 0 Å². The Balaban J connectivity index is 1.63. The maximum Gasteiger partial charge on any atom is 0.319 e. The van der Waals surface area contributed by atoms with Crippen LogP contribution in [0.4, 0.5) is 10.5 Å². The van der Waals surface area contributed by atoms with Gasteiger partial charge in [-0.3, -0.25) is 9.78 Å². The Hall–Kier alpha value is -2.83. The van der Waals surface area contributed by atoms with Gasteiger partial charge in [-0.25, -0.2) is 4.79 Å². The van der Waals surface area contributed by atoms with Crippen LogP contribution in [0.25, 0.3) is 10.9 Å². The molecule has 1 aromatic carbocycles. The second-order valence-corrected chi connectivity index (χ2v) is 5.12. The fourth-order valence-corrected chi connectivity index (χ4v) is 2.24. The number of hydrogen-bond acceptors (Lipinski definition) is 3. The molecule has 1 atom stereocenters. The number of fused-ring (bicyclic) bond motifs is 1. The predicted octanol–water partition coefficient (Wildman–Crippen LogP) is 2.66. The summed E-state index contributed by atoms with van der Waals surface area (Å²) in [5.74, 6) is 0. The smallest absolute Gasteiger partial charge is 0.319 e. The number of rotatable bonds is 4. The van der Waals surface area contributed by atoms with E-state index in [1.807, 2.05) is 42.9 Å². The minimum absolute atomic E-state index is 0.113. The first kappa shape index (κ1) is 14.1. The van der Waals surface area contributed by atoms with E-state index in [0.29, 0.717) is 0 Å². The number of carbonyl (C=O) groups excluding carboxylic acids is 1. The van der Waals surface area contributed by atoms with E-state index in [9.17, 15) is 4.79 Å². The number of benzene rings is 1. The molecule has 0 aliphatic carbocycles. The van der Waals surface area contributed by atoms with Gasteiger partial charge in [-0.1, -0.05) is 0 Å². The van der Waals surface area contributed by atoms with E-state index in [2.05, 4.69) is 25.9 Å². The molecule has 3 N–H and O–H groups in total. The molecule has 2 aromatic heterocycles. The molecule has 3 rings (SSSR count). The molecular weight excluding hydrogens is 280 g/mol. The Morgan fingerprint density at radius 1 is 1.41 bits per heavy atom. The quantitative estimate of drug-likeness (QED) is 0.692. The molecule has 2 amide bonds. The van der Waals surface area contributed by atoms with Crippen LogP contribution in [-0.4, -0.2) is 26.0 Å². The first-order valence-electron chi connectivity index (χ1n) is 7.18. The first-order chi connectivity index (χ1) is 10.7. The van der Waals surface area contributed by atoms with Gasteiger partial charge in [-0.2, -0.15) is 10.2 Å². The third-order valence-corrected chi connectivity index (χ3v) is 3.52. The lowest BCUT2D eigenvalue weighted by Crippen LogP contribution is -2.31. The average Bonchev–Trinajstić information content (AvgIpc) is 3.15. The van der Waals surface area contributed by atoms with Crippen molar-refractivity contribution in [1.29, 1.82) is 0 Å². The maximum atomic E-state index is 12.1. The topological polar surface area (TPSA) is 87.6 Å². The number of aryl methyl sites for hydroxylation is 1. The van der Waals surface area contributed by atoms with E-state index in [-0.39, 0.29) is 12.1 Å². The maximum absolute atomic E-state index is 12.1. The highest BCUT2D eigenvalue weighted by Gasteiger charge is 2.11. The predicted molar refractivity (Wildman–Crippen MR) is 84.6 cm³/mol. The summed E-state index contributed by atoms with van der Waals surface area (Å²) in [6.45, 7) is 4.76. The zero-order chi connectivity index (χ0) is 15.5. The summed E-state index contributed by atoms with van der Waals surface area (Å²) in [6.07, 6.45) is 5.43. The van der Waals surface area contributed by atoms with Crippen LogP contribution in [0.5, 0.6) is 0 Å². The first-order valence-corrected chi connectivity index (χ1v) is 7.18. The van der Waals surface area contributed by atoms with Gasteiger partial charge in [0.1, 0.15) is 0 Å². The summed E-state index contributed by atoms with van der Waals surface area (Å²) in [5, 5.41) is 17.7. The molecule has 0 saturated heterocycles. The number of nitrogens with one attached hydrogen (secondary N) is 3. The van der Waals surface area contributed by atoms with Crippen molar-refractivity contribution in [2.24, 2.45) is 0 Å². The van der Waals surface area contributed by atoms with Crippen molar-refractivity contribution in [3.05, 3.63) is 42.4 Å². The van der Waals surface area contributed by atoms with Gasteiger partial charge < -0.3 is 10.6 Å². The van der Waals surface area contributed by atoms with E-state index in [1.165, 1.54) is 0 Å². The van der Waals surface area contributed by atoms with E-state index in [0.717, 1.165) is 28.7 Å². The Morgan fingerprint density at radius 2 is 2.27 bits per heavy atom. The van der Waals surface area contributed by atoms with E-state index >= 15 is 0 Å². The molecule has 3 aromatic rings. The molecule has 0 spiro atoms. The van der Waals surface area contributed by atoms with Crippen LogP contribution >= 0.6 is 0 Å². The lowest BCUT2D eigenvalue weighted by Gasteiger charge is -2.13. The van der Waals surface area contributed by atoms with Crippen molar-refractivity contribution in [2.45, 2.75) is 26.4 Å². The minimum atomic E-state index is -0.250. The molecule has 0 fully saturated rings. The normalized spacial score (nSPS) is 12.3. The molecule has 22 heavy (non-hydrogen) atoms. The van der Waals surface area contributed by atoms with Crippen LogP contribution in [-0.2, 0) is 6.54 Å². The van der Waals surface area contributed by atoms with Crippen molar-refractivity contribution < 1.29 is 4.79 Å². The molecular formula is C15H18N6O. The van der Waals surface area contributed by atoms with Gasteiger partial charge >= 0.3 is 6.03 Å². The van der Waals surface area contributed by atoms with E-state index in [4.69, 9.17) is 0 Å². The zero-order valence-corrected chi connectivity index (χ0v) is 12.5. The van der Waals surface area contributed by atoms with Crippen LogP contribution in [0.3, 0.4) is 0 Å². The number of aromatic nitrogens is 4. The van der Waals surface area contributed by atoms with Crippen molar-refractivity contribution in [1.82, 2.24) is 25.3 Å². The molecule has 7 heteroatoms. The molecule has 1 unspecified atom stereocenters. The fraction of sp³-hybridized carbons (Fsp3) is 0.267. The number of carbonyl (C=O) groups is 1. The number of H-pyrrole nitrogens is 1. The van der Waals surface area contributed by atoms with Gasteiger partial charge in [0.05, 0.1) is 24.0 Å². The van der Waals surface area contributed by atoms with Gasteiger partial charge in [0.15, 0.2) is 0 Å². The monoisotopic (exact) mass is 298 g/mol. The number of nitrogens with zero attached hydrogens (tertiary/aromatic N) is 3. The van der Waals surface area contributed by atoms with Crippen LogP contribution in [0.1, 0.15) is 25.5 Å². The third kappa shape index (κ3) is 2.93. The van der Waals surface area contributed by atoms with Gasteiger partial charge in [0.2, 0.25) is 0 Å². The van der Waals surface area contributed by atoms with Crippen LogP contribution in [0.15, 0.2) is 36.8 Å². The third-order valence-electron chi connectivity index (χ3n) is 3.52. The number of urea groups is 1. The van der Waals surface area contributed by atoms with Crippen molar-refractivity contribution in [3.8, 4) is 0 Å². The summed E-state index contributed by atoms with van der Waals surface area (Å²) in [6, 6.07) is 5.22. The molecule has 0 aliphatic heterocycles. The number of anilines is 1. The van der Waals surface area contributed by atoms with Gasteiger partial charge in [0.25, 0.3) is 0 Å². The van der Waals surface area contributed by atoms with Gasteiger partial charge in [-0.15, -0.1) is 0 Å². The highest BCUT2D eigenvalue weighted by molar-refractivity contribution is 5.92. The van der Waals surface area contributed by atoms with Gasteiger partial charge in [0, 0.05) is 29.4 Å². The highest BCUT2D eigenvalue weighted by atomic mass is 16.2. The molecule has 114 valence electrons. The number of amides is 2. The second-order valence-electron chi connectivity index (χ2n) is 5.12. The molecule has 0 radical (unpaired) electrons. The Bertz CT molecular complexity index is 790. The summed E-state index contributed by atoms with van der Waals surface area (Å²) < 4.78 is 1.83. The SMILES string of the molecule is CCn1cc(C(C)NC(=O)Nc2ccc3[nH]ncc3c2)cn1. The summed E-state index contributed by atoms with van der Waals surface area (Å²) in [7, 11) is 0. The number of aromatic amines is 1. The molecule has 0 bridgehead atoms. The minimum Gasteiger partial charge on any atom is -0.331 e. The van der Waals surface area contributed by atoms with Crippen LogP contribution < -0.4 is 10.6 Å². The lowest BCUT2D eigenvalue weighted by atomic mass is 10.2. The van der Waals surface area contributed by atoms with E-state index < -0.39 is 0 Å². The summed E-state index contributed by atoms with van der Waals surface area (Å²) >= 11 is 0. The van der Waals surface area contributed by atoms with Gasteiger partial charge in [-0.05, 0) is 32.0 Å². The lowest BCUT2D eigenvalue weighted by molar-refractivity contribution is 0.249. The Morgan fingerprint density at radius 3 is 3.05 bits per heavy atom. The summed E-state index contributed by atoms with van der Waals surface area (Å²) in [4.78, 5) is 12.1. The zero-order valence-electron chi connectivity index (χ0n) is 12.5. The summed E-state index contributed by atoms with van der Waals surface area (Å²) in [5.41, 5.74) is 2.64. The van der Waals surface area contributed by atoms with Crippen LogP contribution in [0, 0.1) is 0 Å². The van der Waals surface area contributed by atoms with Crippen molar-refractivity contribution in [2.75, 3.05) is 5.32 Å². The standard InChI is InChI=1S/C15H18N6O/c1-3-21-9-12(8-17-21)10(2)18-15(22)19-13-4-5-14-11(6-13)7-16-20-14/h4-10H,3H2,1-2H3,(H,16,20)(H2,18,19,22). The largest absolute Gasteiger partial charge is 0.331 e. The Labute approximate surface area is 127 Å². The van der Waals surface area contributed by atoms with E-state index in [1.54, 1.807) is 12.4 Å². The molecule has 0 saturated carbocycles. The fourth-order valence-electron chi connectivity index (χ4n) is 2.24.